The Kier molecular flexibility index (Phi) is 12.1. The van der Waals surface area contributed by atoms with Gasteiger partial charge in [0.05, 0.1) is 18.4 Å². The highest BCUT2D eigenvalue weighted by atomic mass is 16.6. The Hall–Kier alpha value is -5.93. The number of piperidine rings is 1. The van der Waals surface area contributed by atoms with E-state index in [0.29, 0.717) is 26.1 Å². The topological polar surface area (TPSA) is 97.4 Å². The molecule has 304 valence electrons. The number of unbranched alkanes of at least 4 members (excludes halogenated alkanes) is 1. The van der Waals surface area contributed by atoms with Gasteiger partial charge in [0.15, 0.2) is 0 Å². The van der Waals surface area contributed by atoms with Gasteiger partial charge in [0, 0.05) is 62.4 Å². The number of rotatable bonds is 14. The monoisotopic (exact) mass is 791 g/mol. The molecule has 1 saturated heterocycles. The summed E-state index contributed by atoms with van der Waals surface area (Å²) in [5.74, 6) is 0.682. The Morgan fingerprint density at radius 2 is 1.39 bits per heavy atom. The number of para-hydroxylation sites is 2. The summed E-state index contributed by atoms with van der Waals surface area (Å²) in [6.07, 6.45) is 2.69. The molecular formula is C50H53N3O6. The number of hydrogen-bond donors (Lipinski definition) is 1. The summed E-state index contributed by atoms with van der Waals surface area (Å²) in [7, 11) is 1.72. The van der Waals surface area contributed by atoms with Crippen LogP contribution in [0.3, 0.4) is 0 Å². The summed E-state index contributed by atoms with van der Waals surface area (Å²) in [6, 6.07) is 42.0. The van der Waals surface area contributed by atoms with E-state index in [1.54, 1.807) is 12.0 Å². The molecule has 8 rings (SSSR count). The van der Waals surface area contributed by atoms with Gasteiger partial charge in [-0.15, -0.1) is 0 Å². The van der Waals surface area contributed by atoms with E-state index in [1.807, 2.05) is 103 Å². The normalized spacial score (nSPS) is 17.4. The van der Waals surface area contributed by atoms with Crippen LogP contribution >= 0.6 is 0 Å². The second-order valence-electron chi connectivity index (χ2n) is 16.0. The average Bonchev–Trinajstić information content (AvgIpc) is 3.59. The number of carbonyl (C=O) groups is 3. The lowest BCUT2D eigenvalue weighted by molar-refractivity contribution is -0.137. The molecule has 0 unspecified atom stereocenters. The lowest BCUT2D eigenvalue weighted by Gasteiger charge is -2.43. The van der Waals surface area contributed by atoms with Crippen molar-refractivity contribution < 1.29 is 28.6 Å². The molecule has 9 nitrogen and oxygen atoms in total. The van der Waals surface area contributed by atoms with E-state index in [1.165, 1.54) is 0 Å². The Bertz CT molecular complexity index is 2190. The van der Waals surface area contributed by atoms with Crippen molar-refractivity contribution in [2.24, 2.45) is 5.92 Å². The predicted octanol–water partition coefficient (Wildman–Crippen LogP) is 8.74. The van der Waals surface area contributed by atoms with Crippen LogP contribution < -0.4 is 10.1 Å². The van der Waals surface area contributed by atoms with Crippen molar-refractivity contribution in [2.45, 2.75) is 56.4 Å². The lowest BCUT2D eigenvalue weighted by Crippen LogP contribution is -2.57. The number of ether oxygens (including phenoxy) is 3. The van der Waals surface area contributed by atoms with Crippen molar-refractivity contribution in [1.29, 1.82) is 0 Å². The molecule has 0 radical (unpaired) electrons. The average molecular weight is 792 g/mol. The number of hydrogen-bond acceptors (Lipinski definition) is 6. The molecule has 2 aliphatic heterocycles. The fourth-order valence-corrected chi connectivity index (χ4v) is 9.60. The van der Waals surface area contributed by atoms with Crippen LogP contribution in [0.15, 0.2) is 127 Å². The second kappa shape index (κ2) is 17.9. The van der Waals surface area contributed by atoms with Gasteiger partial charge >= 0.3 is 6.09 Å². The molecule has 0 aromatic heterocycles. The summed E-state index contributed by atoms with van der Waals surface area (Å²) in [6.45, 7) is 4.01. The van der Waals surface area contributed by atoms with Gasteiger partial charge in [-0.1, -0.05) is 115 Å². The Morgan fingerprint density at radius 3 is 2.03 bits per heavy atom. The number of fused-ring (bicyclic) bond motifs is 5. The molecule has 9 heteroatoms. The molecule has 3 amide bonds. The highest BCUT2D eigenvalue weighted by Gasteiger charge is 2.44. The third-order valence-electron chi connectivity index (χ3n) is 12.5. The quantitative estimate of drug-likeness (QED) is 0.113. The largest absolute Gasteiger partial charge is 0.457 e. The highest BCUT2D eigenvalue weighted by molar-refractivity contribution is 5.82. The standard InChI is InChI=1S/C50H53N3O6/c1-3-53(47(54)29-35-17-5-4-6-18-35)37-30-36(31-52(32-37)49(56)58-33-42-40-21-9-7-19-38(40)39-20-8-10-22-41(39)42)48(55)51-34-50(27-15-16-28-57-2)43-23-11-13-25-45(43)59-46-26-14-12-24-44(46)50/h4-14,17-26,36-37,42H,3,15-16,27-34H2,1-2H3,(H,51,55)/t36-,37+/m0/s1. The van der Waals surface area contributed by atoms with Crippen LogP contribution in [0.5, 0.6) is 11.5 Å². The SMILES string of the molecule is CCN(C(=O)Cc1ccccc1)[C@@H]1C[C@H](C(=O)NCC2(CCCCOC)c3ccccc3Oc3ccccc32)CN(C(=O)OCC2c3ccccc3-c3ccccc32)C1. The van der Waals surface area contributed by atoms with Gasteiger partial charge in [-0.05, 0) is 72.6 Å². The Labute approximate surface area is 347 Å². The fourth-order valence-electron chi connectivity index (χ4n) is 9.60. The van der Waals surface area contributed by atoms with Crippen molar-refractivity contribution in [3.05, 3.63) is 155 Å². The molecule has 0 spiro atoms. The first-order chi connectivity index (χ1) is 28.9. The zero-order chi connectivity index (χ0) is 40.8. The minimum atomic E-state index is -0.580. The Morgan fingerprint density at radius 1 is 0.780 bits per heavy atom. The third-order valence-corrected chi connectivity index (χ3v) is 12.5. The van der Waals surface area contributed by atoms with Gasteiger partial charge in [-0.2, -0.15) is 0 Å². The molecule has 1 N–H and O–H groups in total. The zero-order valence-corrected chi connectivity index (χ0v) is 34.0. The van der Waals surface area contributed by atoms with Crippen molar-refractivity contribution in [3.63, 3.8) is 0 Å². The molecule has 1 aliphatic carbocycles. The first-order valence-corrected chi connectivity index (χ1v) is 21.0. The molecule has 2 heterocycles. The van der Waals surface area contributed by atoms with Crippen LogP contribution in [0.1, 0.15) is 66.3 Å². The number of methoxy groups -OCH3 is 1. The van der Waals surface area contributed by atoms with E-state index in [0.717, 1.165) is 69.7 Å². The van der Waals surface area contributed by atoms with E-state index in [4.69, 9.17) is 14.2 Å². The first-order valence-electron chi connectivity index (χ1n) is 21.0. The lowest BCUT2D eigenvalue weighted by atomic mass is 9.69. The molecular weight excluding hydrogens is 739 g/mol. The van der Waals surface area contributed by atoms with Gasteiger partial charge in [0.25, 0.3) is 0 Å². The van der Waals surface area contributed by atoms with Crippen LogP contribution in [0.25, 0.3) is 11.1 Å². The van der Waals surface area contributed by atoms with E-state index in [9.17, 15) is 14.4 Å². The van der Waals surface area contributed by atoms with Gasteiger partial charge in [0.2, 0.25) is 11.8 Å². The molecule has 59 heavy (non-hydrogen) atoms. The van der Waals surface area contributed by atoms with E-state index in [-0.39, 0.29) is 49.9 Å². The van der Waals surface area contributed by atoms with Gasteiger partial charge in [-0.3, -0.25) is 9.59 Å². The number of carbonyl (C=O) groups excluding carboxylic acids is 3. The van der Waals surface area contributed by atoms with E-state index < -0.39 is 17.4 Å². The van der Waals surface area contributed by atoms with Crippen LogP contribution in [0.4, 0.5) is 4.79 Å². The van der Waals surface area contributed by atoms with Gasteiger partial charge in [0.1, 0.15) is 18.1 Å². The Balaban J connectivity index is 1.05. The summed E-state index contributed by atoms with van der Waals surface area (Å²) >= 11 is 0. The van der Waals surface area contributed by atoms with Gasteiger partial charge < -0.3 is 29.3 Å². The maximum atomic E-state index is 14.7. The summed E-state index contributed by atoms with van der Waals surface area (Å²) in [5, 5.41) is 3.38. The number of likely N-dealkylation sites (N-methyl/N-ethyl adjacent to an activating group) is 1. The second-order valence-corrected chi connectivity index (χ2v) is 16.0. The van der Waals surface area contributed by atoms with Crippen molar-refractivity contribution in [3.8, 4) is 22.6 Å². The minimum Gasteiger partial charge on any atom is -0.457 e. The molecule has 3 aliphatic rings. The van der Waals surface area contributed by atoms with Crippen LogP contribution in [-0.4, -0.2) is 80.3 Å². The molecule has 5 aromatic rings. The van der Waals surface area contributed by atoms with Crippen molar-refractivity contribution in [2.75, 3.05) is 46.5 Å². The van der Waals surface area contributed by atoms with Crippen LogP contribution in [0.2, 0.25) is 0 Å². The fraction of sp³-hybridized carbons (Fsp3) is 0.340. The number of nitrogens with zero attached hydrogens (tertiary/aromatic N) is 2. The zero-order valence-electron chi connectivity index (χ0n) is 34.0. The minimum absolute atomic E-state index is 0.0392. The van der Waals surface area contributed by atoms with Gasteiger partial charge in [-0.25, -0.2) is 4.79 Å². The molecule has 5 aromatic carbocycles. The summed E-state index contributed by atoms with van der Waals surface area (Å²) in [4.78, 5) is 46.3. The number of nitrogens with one attached hydrogen (secondary N) is 1. The summed E-state index contributed by atoms with van der Waals surface area (Å²) in [5.41, 5.74) is 6.99. The number of benzene rings is 5. The van der Waals surface area contributed by atoms with Crippen LogP contribution in [-0.2, 0) is 30.9 Å². The number of amides is 3. The predicted molar refractivity (Wildman–Crippen MR) is 229 cm³/mol. The first kappa shape index (κ1) is 39.9. The molecule has 0 saturated carbocycles. The molecule has 2 atom stereocenters. The third kappa shape index (κ3) is 8.21. The highest BCUT2D eigenvalue weighted by Crippen LogP contribution is 2.50. The molecule has 1 fully saturated rings. The maximum absolute atomic E-state index is 14.7. The van der Waals surface area contributed by atoms with E-state index in [2.05, 4.69) is 41.7 Å². The van der Waals surface area contributed by atoms with E-state index >= 15 is 0 Å². The maximum Gasteiger partial charge on any atom is 0.409 e. The molecule has 0 bridgehead atoms. The smallest absolute Gasteiger partial charge is 0.409 e. The number of likely N-dealkylation sites (tertiary alicyclic amines) is 1. The van der Waals surface area contributed by atoms with Crippen LogP contribution in [0, 0.1) is 5.92 Å². The van der Waals surface area contributed by atoms with Crippen molar-refractivity contribution >= 4 is 17.9 Å². The van der Waals surface area contributed by atoms with Crippen molar-refractivity contribution in [1.82, 2.24) is 15.1 Å². The summed E-state index contributed by atoms with van der Waals surface area (Å²) < 4.78 is 18.0.